The fraction of sp³-hybridized carbons (Fsp3) is 0.229. The smallest absolute Gasteiger partial charge is 0.326 e. The van der Waals surface area contributed by atoms with Crippen molar-refractivity contribution in [3.05, 3.63) is 164 Å². The molecule has 1 aromatic heterocycles. The predicted octanol–water partition coefficient (Wildman–Crippen LogP) is 8.10. The van der Waals surface area contributed by atoms with Crippen molar-refractivity contribution in [3.8, 4) is 28.4 Å². The van der Waals surface area contributed by atoms with Gasteiger partial charge in [0.25, 0.3) is 11.8 Å². The zero-order valence-corrected chi connectivity index (χ0v) is 36.0. The number of carbonyl (C=O) groups is 4. The molecule has 2 aliphatic heterocycles. The lowest BCUT2D eigenvalue weighted by Gasteiger charge is -2.37. The first-order valence-electron chi connectivity index (χ1n) is 20.1. The number of carboxylic acids is 1. The minimum Gasteiger partial charge on any atom is -0.489 e. The van der Waals surface area contributed by atoms with Crippen molar-refractivity contribution in [1.29, 1.82) is 0 Å². The van der Waals surface area contributed by atoms with E-state index in [1.807, 2.05) is 66.7 Å². The van der Waals surface area contributed by atoms with Crippen LogP contribution in [-0.2, 0) is 35.6 Å². The Morgan fingerprint density at radius 1 is 0.857 bits per heavy atom. The summed E-state index contributed by atoms with van der Waals surface area (Å²) >= 11 is 12.2. The summed E-state index contributed by atoms with van der Waals surface area (Å²) in [5.74, 6) is -0.362. The summed E-state index contributed by atoms with van der Waals surface area (Å²) in [6, 6.07) is 28.5. The third-order valence-electron chi connectivity index (χ3n) is 11.1. The van der Waals surface area contributed by atoms with Gasteiger partial charge in [0.05, 0.1) is 10.0 Å². The molecule has 13 nitrogen and oxygen atoms in total. The maximum atomic E-state index is 14.2. The second kappa shape index (κ2) is 18.3. The number of halogens is 2. The molecule has 0 unspecified atom stereocenters. The summed E-state index contributed by atoms with van der Waals surface area (Å²) in [6.07, 6.45) is -0.373. The van der Waals surface area contributed by atoms with E-state index in [2.05, 4.69) is 15.6 Å². The molecule has 0 spiro atoms. The molecule has 2 aliphatic rings. The van der Waals surface area contributed by atoms with Crippen LogP contribution < -0.4 is 24.8 Å². The van der Waals surface area contributed by atoms with Crippen LogP contribution in [0.2, 0.25) is 10.0 Å². The molecule has 0 fully saturated rings. The summed E-state index contributed by atoms with van der Waals surface area (Å²) in [7, 11) is 1.57. The van der Waals surface area contributed by atoms with Gasteiger partial charge in [-0.1, -0.05) is 77.8 Å². The first kappa shape index (κ1) is 42.8. The zero-order chi connectivity index (χ0) is 44.4. The zero-order valence-electron chi connectivity index (χ0n) is 34.4. The first-order valence-corrected chi connectivity index (χ1v) is 20.9. The Morgan fingerprint density at radius 2 is 1.54 bits per heavy atom. The lowest BCUT2D eigenvalue weighted by Crippen LogP contribution is -2.56. The summed E-state index contributed by atoms with van der Waals surface area (Å²) in [5, 5.41) is 16.5. The van der Waals surface area contributed by atoms with Crippen molar-refractivity contribution >= 4 is 46.9 Å². The molecule has 3 atom stereocenters. The van der Waals surface area contributed by atoms with E-state index < -0.39 is 36.0 Å². The van der Waals surface area contributed by atoms with Crippen LogP contribution in [0.4, 0.5) is 0 Å². The SMILES string of the molecule is CNC(=O)c1ccc(-c2ccc(C[C@H](NC(=O)[C@@H]3Cc4cc5c(cc4CN3C(=O)c3nc(C)oc3C)O[C@@H](c3ccc(OCc4ccc(Cl)c(Cl)c4)cc3)CO5)C(=O)O)cc2)cc1. The van der Waals surface area contributed by atoms with Gasteiger partial charge in [-0.05, 0) is 94.4 Å². The van der Waals surface area contributed by atoms with Crippen LogP contribution >= 0.6 is 23.2 Å². The van der Waals surface area contributed by atoms with Crippen LogP contribution in [0.25, 0.3) is 11.1 Å². The van der Waals surface area contributed by atoms with Gasteiger partial charge in [0.2, 0.25) is 5.91 Å². The number of benzene rings is 5. The molecule has 0 aliphatic carbocycles. The van der Waals surface area contributed by atoms with Gasteiger partial charge in [-0.25, -0.2) is 9.78 Å². The Kier molecular flexibility index (Phi) is 12.4. The van der Waals surface area contributed by atoms with Gasteiger partial charge in [0.1, 0.15) is 36.8 Å². The number of ether oxygens (including phenoxy) is 3. The van der Waals surface area contributed by atoms with E-state index in [1.165, 1.54) is 4.90 Å². The van der Waals surface area contributed by atoms with E-state index in [0.29, 0.717) is 56.7 Å². The topological polar surface area (TPSA) is 170 Å². The third-order valence-corrected chi connectivity index (χ3v) is 11.8. The molecule has 322 valence electrons. The number of carbonyl (C=O) groups excluding carboxylic acids is 3. The van der Waals surface area contributed by atoms with Crippen molar-refractivity contribution in [2.24, 2.45) is 0 Å². The molecule has 3 N–H and O–H groups in total. The van der Waals surface area contributed by atoms with Crippen LogP contribution in [0.3, 0.4) is 0 Å². The Balaban J connectivity index is 0.978. The van der Waals surface area contributed by atoms with E-state index in [4.69, 9.17) is 41.8 Å². The largest absolute Gasteiger partial charge is 0.489 e. The number of aliphatic carboxylic acids is 1. The highest BCUT2D eigenvalue weighted by Gasteiger charge is 2.39. The summed E-state index contributed by atoms with van der Waals surface area (Å²) < 4.78 is 24.2. The van der Waals surface area contributed by atoms with Crippen molar-refractivity contribution in [2.45, 2.75) is 58.0 Å². The number of hydrogen-bond acceptors (Lipinski definition) is 9. The molecule has 6 aromatic rings. The number of nitrogens with zero attached hydrogens (tertiary/aromatic N) is 2. The van der Waals surface area contributed by atoms with E-state index in [0.717, 1.165) is 33.4 Å². The van der Waals surface area contributed by atoms with Crippen LogP contribution in [-0.4, -0.2) is 64.4 Å². The van der Waals surface area contributed by atoms with Gasteiger partial charge in [-0.2, -0.15) is 0 Å². The standard InChI is InChI=1S/C48H42Cl2N4O9/c1-26-44(52-27(2)62-26)47(57)54-23-35-22-42-41(61-25-43(63-42)32-13-15-36(16-14-32)60-24-29-6-17-37(49)38(50)18-29)21-34(35)20-40(54)46(56)53-39(48(58)59)19-28-4-7-30(8-5-28)31-9-11-33(12-10-31)45(55)51-3/h4-18,21-22,39-40,43H,19-20,23-25H2,1-3H3,(H,51,55)(H,53,56)(H,58,59)/t39-,40-,43+/m0/s1. The summed E-state index contributed by atoms with van der Waals surface area (Å²) in [4.78, 5) is 58.7. The Bertz CT molecular complexity index is 2700. The van der Waals surface area contributed by atoms with Gasteiger partial charge in [0, 0.05) is 38.9 Å². The van der Waals surface area contributed by atoms with Gasteiger partial charge < -0.3 is 39.3 Å². The fourth-order valence-electron chi connectivity index (χ4n) is 7.70. The quantitative estimate of drug-likeness (QED) is 0.109. The molecule has 63 heavy (non-hydrogen) atoms. The molecular weight excluding hydrogens is 847 g/mol. The Labute approximate surface area is 372 Å². The number of rotatable bonds is 12. The average molecular weight is 890 g/mol. The van der Waals surface area contributed by atoms with Gasteiger partial charge >= 0.3 is 5.97 Å². The lowest BCUT2D eigenvalue weighted by atomic mass is 9.91. The van der Waals surface area contributed by atoms with E-state index in [9.17, 15) is 24.3 Å². The second-order valence-corrected chi connectivity index (χ2v) is 16.2. The fourth-order valence-corrected chi connectivity index (χ4v) is 8.02. The second-order valence-electron chi connectivity index (χ2n) is 15.3. The average Bonchev–Trinajstić information content (AvgIpc) is 3.64. The van der Waals surface area contributed by atoms with Crippen LogP contribution in [0, 0.1) is 13.8 Å². The van der Waals surface area contributed by atoms with Gasteiger partial charge in [-0.3, -0.25) is 14.4 Å². The highest BCUT2D eigenvalue weighted by Crippen LogP contribution is 2.41. The normalized spacial score (nSPS) is 15.8. The lowest BCUT2D eigenvalue weighted by molar-refractivity contribution is -0.142. The number of aryl methyl sites for hydroxylation is 2. The van der Waals surface area contributed by atoms with E-state index in [-0.39, 0.29) is 37.6 Å². The summed E-state index contributed by atoms with van der Waals surface area (Å²) in [6.45, 7) is 3.80. The van der Waals surface area contributed by atoms with Crippen molar-refractivity contribution in [2.75, 3.05) is 13.7 Å². The molecule has 0 radical (unpaired) electrons. The van der Waals surface area contributed by atoms with Gasteiger partial charge in [-0.15, -0.1) is 0 Å². The maximum Gasteiger partial charge on any atom is 0.326 e. The number of nitrogens with one attached hydrogen (secondary N) is 2. The molecule has 0 saturated heterocycles. The Hall–Kier alpha value is -6.83. The highest BCUT2D eigenvalue weighted by molar-refractivity contribution is 6.42. The number of oxazole rings is 1. The van der Waals surface area contributed by atoms with E-state index >= 15 is 0 Å². The molecule has 15 heteroatoms. The monoisotopic (exact) mass is 888 g/mol. The number of hydrogen-bond donors (Lipinski definition) is 3. The molecule has 8 rings (SSSR count). The van der Waals surface area contributed by atoms with Crippen LogP contribution in [0.5, 0.6) is 17.2 Å². The summed E-state index contributed by atoms with van der Waals surface area (Å²) in [5.41, 5.74) is 6.25. The predicted molar refractivity (Wildman–Crippen MR) is 234 cm³/mol. The molecule has 3 heterocycles. The molecule has 5 aromatic carbocycles. The number of aromatic nitrogens is 1. The van der Waals surface area contributed by atoms with Crippen molar-refractivity contribution in [1.82, 2.24) is 20.5 Å². The van der Waals surface area contributed by atoms with Crippen molar-refractivity contribution in [3.63, 3.8) is 0 Å². The molecule has 0 saturated carbocycles. The first-order chi connectivity index (χ1) is 30.3. The maximum absolute atomic E-state index is 14.2. The Morgan fingerprint density at radius 3 is 2.19 bits per heavy atom. The molecule has 0 bridgehead atoms. The molecule has 3 amide bonds. The minimum absolute atomic E-state index is 0.00702. The van der Waals surface area contributed by atoms with Crippen LogP contribution in [0.15, 0.2) is 108 Å². The van der Waals surface area contributed by atoms with Crippen LogP contribution in [0.1, 0.15) is 66.4 Å². The number of fused-ring (bicyclic) bond motifs is 2. The molecular formula is C48H42Cl2N4O9. The number of amides is 3. The number of carboxylic acid groups (broad SMARTS) is 1. The minimum atomic E-state index is -1.30. The van der Waals surface area contributed by atoms with Crippen molar-refractivity contribution < 1.29 is 42.9 Å². The van der Waals surface area contributed by atoms with E-state index in [1.54, 1.807) is 57.3 Å². The highest BCUT2D eigenvalue weighted by atomic mass is 35.5. The van der Waals surface area contributed by atoms with Gasteiger partial charge in [0.15, 0.2) is 29.2 Å². The third kappa shape index (κ3) is 9.49.